The van der Waals surface area contributed by atoms with Crippen LogP contribution >= 0.6 is 0 Å². The van der Waals surface area contributed by atoms with Gasteiger partial charge in [-0.2, -0.15) is 0 Å². The number of rotatable bonds is 4. The third-order valence-corrected chi connectivity index (χ3v) is 3.56. The first-order valence-electron chi connectivity index (χ1n) is 6.29. The highest BCUT2D eigenvalue weighted by molar-refractivity contribution is 5.98. The molecule has 0 aliphatic heterocycles. The van der Waals surface area contributed by atoms with Gasteiger partial charge in [0.1, 0.15) is 0 Å². The van der Waals surface area contributed by atoms with Crippen molar-refractivity contribution in [2.24, 2.45) is 11.7 Å². The second-order valence-electron chi connectivity index (χ2n) is 5.45. The van der Waals surface area contributed by atoms with E-state index in [-0.39, 0.29) is 5.91 Å². The van der Waals surface area contributed by atoms with E-state index >= 15 is 0 Å². The van der Waals surface area contributed by atoms with Crippen LogP contribution in [0.15, 0.2) is 24.3 Å². The van der Waals surface area contributed by atoms with E-state index < -0.39 is 5.54 Å². The van der Waals surface area contributed by atoms with Gasteiger partial charge in [-0.05, 0) is 49.9 Å². The molecule has 1 amide bonds. The van der Waals surface area contributed by atoms with Crippen molar-refractivity contribution in [2.45, 2.75) is 25.3 Å². The Morgan fingerprint density at radius 1 is 1.33 bits per heavy atom. The summed E-state index contributed by atoms with van der Waals surface area (Å²) in [7, 11) is 3.97. The molecule has 4 nitrogen and oxygen atoms in total. The third-order valence-electron chi connectivity index (χ3n) is 3.56. The SMILES string of the molecule is CN(C)c1ccc(NC(=O)C(C)(N)C2CC2)cc1. The van der Waals surface area contributed by atoms with Gasteiger partial charge in [-0.15, -0.1) is 0 Å². The Bertz CT molecular complexity index is 433. The minimum absolute atomic E-state index is 0.0948. The van der Waals surface area contributed by atoms with Crippen molar-refractivity contribution < 1.29 is 4.79 Å². The number of carbonyl (C=O) groups is 1. The van der Waals surface area contributed by atoms with Crippen LogP contribution in [0.3, 0.4) is 0 Å². The number of nitrogens with two attached hydrogens (primary N) is 1. The van der Waals surface area contributed by atoms with Crippen molar-refractivity contribution in [3.8, 4) is 0 Å². The van der Waals surface area contributed by atoms with Crippen molar-refractivity contribution in [3.05, 3.63) is 24.3 Å². The Kier molecular flexibility index (Phi) is 3.30. The predicted molar refractivity (Wildman–Crippen MR) is 74.7 cm³/mol. The van der Waals surface area contributed by atoms with Gasteiger partial charge in [0.2, 0.25) is 5.91 Å². The van der Waals surface area contributed by atoms with E-state index in [2.05, 4.69) is 5.32 Å². The van der Waals surface area contributed by atoms with Crippen LogP contribution in [-0.4, -0.2) is 25.5 Å². The number of carbonyl (C=O) groups excluding carboxylic acids is 1. The number of hydrogen-bond donors (Lipinski definition) is 2. The quantitative estimate of drug-likeness (QED) is 0.853. The average Bonchev–Trinajstić information content (AvgIpc) is 3.13. The molecule has 0 aromatic heterocycles. The van der Waals surface area contributed by atoms with Crippen LogP contribution in [0.4, 0.5) is 11.4 Å². The maximum Gasteiger partial charge on any atom is 0.244 e. The van der Waals surface area contributed by atoms with Crippen LogP contribution in [0.2, 0.25) is 0 Å². The second-order valence-corrected chi connectivity index (χ2v) is 5.45. The average molecular weight is 247 g/mol. The largest absolute Gasteiger partial charge is 0.378 e. The molecular formula is C14H21N3O. The lowest BCUT2D eigenvalue weighted by Gasteiger charge is -2.23. The van der Waals surface area contributed by atoms with Gasteiger partial charge < -0.3 is 16.0 Å². The number of hydrogen-bond acceptors (Lipinski definition) is 3. The molecule has 1 aromatic rings. The van der Waals surface area contributed by atoms with Crippen molar-refractivity contribution in [2.75, 3.05) is 24.3 Å². The van der Waals surface area contributed by atoms with Gasteiger partial charge in [-0.25, -0.2) is 0 Å². The van der Waals surface area contributed by atoms with Gasteiger partial charge in [-0.3, -0.25) is 4.79 Å². The number of amides is 1. The smallest absolute Gasteiger partial charge is 0.244 e. The summed E-state index contributed by atoms with van der Waals surface area (Å²) in [5.74, 6) is 0.237. The summed E-state index contributed by atoms with van der Waals surface area (Å²) in [5, 5.41) is 2.89. The molecule has 0 spiro atoms. The maximum absolute atomic E-state index is 12.1. The van der Waals surface area contributed by atoms with E-state index in [1.54, 1.807) is 0 Å². The zero-order valence-corrected chi connectivity index (χ0v) is 11.2. The first kappa shape index (κ1) is 12.9. The third kappa shape index (κ3) is 2.64. The summed E-state index contributed by atoms with van der Waals surface area (Å²) in [5.41, 5.74) is 7.22. The minimum Gasteiger partial charge on any atom is -0.378 e. The Morgan fingerprint density at radius 3 is 2.33 bits per heavy atom. The fourth-order valence-corrected chi connectivity index (χ4v) is 1.98. The molecule has 1 aliphatic carbocycles. The molecule has 1 fully saturated rings. The Labute approximate surface area is 108 Å². The van der Waals surface area contributed by atoms with Gasteiger partial charge in [0, 0.05) is 25.5 Å². The first-order chi connectivity index (χ1) is 8.41. The fraction of sp³-hybridized carbons (Fsp3) is 0.500. The molecule has 18 heavy (non-hydrogen) atoms. The molecule has 1 saturated carbocycles. The normalized spacial score (nSPS) is 18.0. The highest BCUT2D eigenvalue weighted by Crippen LogP contribution is 2.38. The van der Waals surface area contributed by atoms with Crippen molar-refractivity contribution in [1.82, 2.24) is 0 Å². The van der Waals surface area contributed by atoms with Gasteiger partial charge >= 0.3 is 0 Å². The van der Waals surface area contributed by atoms with Crippen LogP contribution in [-0.2, 0) is 4.79 Å². The lowest BCUT2D eigenvalue weighted by atomic mass is 9.96. The lowest BCUT2D eigenvalue weighted by molar-refractivity contribution is -0.121. The zero-order chi connectivity index (χ0) is 13.3. The second kappa shape index (κ2) is 4.61. The van der Waals surface area contributed by atoms with Crippen LogP contribution < -0.4 is 16.0 Å². The standard InChI is InChI=1S/C14H21N3O/c1-14(15,10-4-5-10)13(18)16-11-6-8-12(9-7-11)17(2)3/h6-10H,4-5,15H2,1-3H3,(H,16,18). The van der Waals surface area contributed by atoms with Crippen LogP contribution in [0, 0.1) is 5.92 Å². The first-order valence-corrected chi connectivity index (χ1v) is 6.29. The van der Waals surface area contributed by atoms with Gasteiger partial charge in [0.15, 0.2) is 0 Å². The molecule has 3 N–H and O–H groups in total. The molecule has 2 rings (SSSR count). The van der Waals surface area contributed by atoms with E-state index in [1.807, 2.05) is 50.2 Å². The highest BCUT2D eigenvalue weighted by Gasteiger charge is 2.44. The Hall–Kier alpha value is -1.55. The van der Waals surface area contributed by atoms with E-state index in [9.17, 15) is 4.79 Å². The topological polar surface area (TPSA) is 58.4 Å². The summed E-state index contributed by atoms with van der Waals surface area (Å²) in [4.78, 5) is 14.1. The Morgan fingerprint density at radius 2 is 1.89 bits per heavy atom. The molecule has 98 valence electrons. The van der Waals surface area contributed by atoms with Crippen LogP contribution in [0.25, 0.3) is 0 Å². The molecule has 0 bridgehead atoms. The molecule has 1 aromatic carbocycles. The highest BCUT2D eigenvalue weighted by atomic mass is 16.2. The number of benzene rings is 1. The molecule has 1 aliphatic rings. The number of anilines is 2. The van der Waals surface area contributed by atoms with Crippen LogP contribution in [0.1, 0.15) is 19.8 Å². The zero-order valence-electron chi connectivity index (χ0n) is 11.2. The molecular weight excluding hydrogens is 226 g/mol. The molecule has 0 saturated heterocycles. The summed E-state index contributed by atoms with van der Waals surface area (Å²) >= 11 is 0. The van der Waals surface area contributed by atoms with Gasteiger partial charge in [-0.1, -0.05) is 0 Å². The summed E-state index contributed by atoms with van der Waals surface area (Å²) in [6.07, 6.45) is 2.11. The van der Waals surface area contributed by atoms with Crippen molar-refractivity contribution in [3.63, 3.8) is 0 Å². The number of nitrogens with zero attached hydrogens (tertiary/aromatic N) is 1. The van der Waals surface area contributed by atoms with E-state index in [0.29, 0.717) is 5.92 Å². The predicted octanol–water partition coefficient (Wildman–Crippen LogP) is 1.82. The Balaban J connectivity index is 2.03. The maximum atomic E-state index is 12.1. The van der Waals surface area contributed by atoms with E-state index in [1.165, 1.54) is 0 Å². The lowest BCUT2D eigenvalue weighted by Crippen LogP contribution is -2.50. The molecule has 1 atom stereocenters. The molecule has 0 heterocycles. The molecule has 1 unspecified atom stereocenters. The summed E-state index contributed by atoms with van der Waals surface area (Å²) in [6, 6.07) is 7.74. The van der Waals surface area contributed by atoms with Gasteiger partial charge in [0.25, 0.3) is 0 Å². The van der Waals surface area contributed by atoms with E-state index in [4.69, 9.17) is 5.73 Å². The van der Waals surface area contributed by atoms with Crippen molar-refractivity contribution in [1.29, 1.82) is 0 Å². The summed E-state index contributed by atoms with van der Waals surface area (Å²) in [6.45, 7) is 1.81. The molecule has 0 radical (unpaired) electrons. The minimum atomic E-state index is -0.750. The van der Waals surface area contributed by atoms with Gasteiger partial charge in [0.05, 0.1) is 5.54 Å². The number of nitrogens with one attached hydrogen (secondary N) is 1. The van der Waals surface area contributed by atoms with Crippen molar-refractivity contribution >= 4 is 17.3 Å². The summed E-state index contributed by atoms with van der Waals surface area (Å²) < 4.78 is 0. The molecule has 4 heteroatoms. The van der Waals surface area contributed by atoms with Crippen LogP contribution in [0.5, 0.6) is 0 Å². The van der Waals surface area contributed by atoms with E-state index in [0.717, 1.165) is 24.2 Å². The monoisotopic (exact) mass is 247 g/mol. The fourth-order valence-electron chi connectivity index (χ4n) is 1.98.